The SMILES string of the molecule is CCn1nc(C)c(F)c1C(C)(C)C.CCn1nc(C)cc1C(C)(C)C. The van der Waals surface area contributed by atoms with E-state index in [0.29, 0.717) is 11.4 Å². The maximum atomic E-state index is 13.6. The van der Waals surface area contributed by atoms with Crippen LogP contribution in [0.25, 0.3) is 0 Å². The average Bonchev–Trinajstić information content (AvgIpc) is 2.99. The van der Waals surface area contributed by atoms with Gasteiger partial charge in [-0.1, -0.05) is 41.5 Å². The van der Waals surface area contributed by atoms with E-state index in [1.165, 1.54) is 5.69 Å². The Morgan fingerprint density at radius 3 is 1.72 bits per heavy atom. The van der Waals surface area contributed by atoms with Gasteiger partial charge in [-0.3, -0.25) is 9.36 Å². The van der Waals surface area contributed by atoms with Gasteiger partial charge < -0.3 is 0 Å². The average molecular weight is 351 g/mol. The highest BCUT2D eigenvalue weighted by atomic mass is 19.1. The van der Waals surface area contributed by atoms with Crippen LogP contribution >= 0.6 is 0 Å². The van der Waals surface area contributed by atoms with Crippen LogP contribution < -0.4 is 0 Å². The summed E-state index contributed by atoms with van der Waals surface area (Å²) in [4.78, 5) is 0. The molecular weight excluding hydrogens is 315 g/mol. The molecule has 0 aromatic carbocycles. The van der Waals surface area contributed by atoms with Gasteiger partial charge in [0, 0.05) is 29.6 Å². The van der Waals surface area contributed by atoms with E-state index in [0.717, 1.165) is 18.8 Å². The van der Waals surface area contributed by atoms with Crippen LogP contribution in [0.2, 0.25) is 0 Å². The molecule has 4 nitrogen and oxygen atoms in total. The van der Waals surface area contributed by atoms with E-state index in [9.17, 15) is 4.39 Å². The number of hydrogen-bond donors (Lipinski definition) is 0. The fourth-order valence-electron chi connectivity index (χ4n) is 2.90. The van der Waals surface area contributed by atoms with Crippen LogP contribution in [0.3, 0.4) is 0 Å². The molecule has 0 saturated heterocycles. The van der Waals surface area contributed by atoms with Crippen molar-refractivity contribution in [1.29, 1.82) is 0 Å². The number of rotatable bonds is 2. The van der Waals surface area contributed by atoms with Gasteiger partial charge in [-0.05, 0) is 33.8 Å². The quantitative estimate of drug-likeness (QED) is 0.750. The lowest BCUT2D eigenvalue weighted by Crippen LogP contribution is -2.19. The van der Waals surface area contributed by atoms with Gasteiger partial charge in [-0.2, -0.15) is 10.2 Å². The third-order valence-electron chi connectivity index (χ3n) is 4.03. The number of hydrogen-bond acceptors (Lipinski definition) is 2. The standard InChI is InChI=1S/C10H17FN2.C10H18N2/c1-6-13-9(10(3,4)5)8(11)7(2)12-13;1-6-12-9(10(3,4)5)7-8(2)11-12/h6H2,1-5H3;7H,6H2,1-5H3. The Kier molecular flexibility index (Phi) is 6.60. The second-order valence-electron chi connectivity index (χ2n) is 8.55. The van der Waals surface area contributed by atoms with Crippen molar-refractivity contribution in [3.05, 3.63) is 34.7 Å². The van der Waals surface area contributed by atoms with Crippen molar-refractivity contribution in [3.8, 4) is 0 Å². The smallest absolute Gasteiger partial charge is 0.167 e. The van der Waals surface area contributed by atoms with Crippen LogP contribution in [0.15, 0.2) is 6.07 Å². The van der Waals surface area contributed by atoms with E-state index >= 15 is 0 Å². The third kappa shape index (κ3) is 5.16. The van der Waals surface area contributed by atoms with E-state index in [2.05, 4.69) is 48.6 Å². The first kappa shape index (κ1) is 21.4. The first-order valence-corrected chi connectivity index (χ1v) is 9.11. The molecule has 5 heteroatoms. The maximum Gasteiger partial charge on any atom is 0.167 e. The van der Waals surface area contributed by atoms with Crippen molar-refractivity contribution in [2.75, 3.05) is 0 Å². The third-order valence-corrected chi connectivity index (χ3v) is 4.03. The number of aryl methyl sites for hydroxylation is 4. The molecule has 0 aliphatic carbocycles. The molecule has 2 aromatic rings. The topological polar surface area (TPSA) is 35.6 Å². The zero-order chi connectivity index (χ0) is 19.6. The summed E-state index contributed by atoms with van der Waals surface area (Å²) in [5, 5.41) is 8.55. The predicted octanol–water partition coefficient (Wildman–Crippen LogP) is 5.16. The highest BCUT2D eigenvalue weighted by molar-refractivity contribution is 5.20. The fraction of sp³-hybridized carbons (Fsp3) is 0.700. The van der Waals surface area contributed by atoms with Crippen molar-refractivity contribution < 1.29 is 4.39 Å². The normalized spacial score (nSPS) is 12.1. The fourth-order valence-corrected chi connectivity index (χ4v) is 2.90. The molecule has 142 valence electrons. The Hall–Kier alpha value is -1.65. The van der Waals surface area contributed by atoms with Crippen LogP contribution in [0, 0.1) is 19.7 Å². The van der Waals surface area contributed by atoms with Gasteiger partial charge in [0.2, 0.25) is 0 Å². The molecule has 0 amide bonds. The molecular formula is C20H35FN4. The Morgan fingerprint density at radius 1 is 0.880 bits per heavy atom. The van der Waals surface area contributed by atoms with Crippen molar-refractivity contribution >= 4 is 0 Å². The Bertz CT molecular complexity index is 697. The van der Waals surface area contributed by atoms with Crippen molar-refractivity contribution in [2.24, 2.45) is 0 Å². The van der Waals surface area contributed by atoms with Gasteiger partial charge in [-0.25, -0.2) is 4.39 Å². The lowest BCUT2D eigenvalue weighted by molar-refractivity contribution is 0.465. The van der Waals surface area contributed by atoms with E-state index in [1.54, 1.807) is 11.6 Å². The molecule has 0 atom stereocenters. The highest BCUT2D eigenvalue weighted by Gasteiger charge is 2.25. The van der Waals surface area contributed by atoms with Gasteiger partial charge in [0.05, 0.1) is 17.1 Å². The van der Waals surface area contributed by atoms with Gasteiger partial charge in [-0.15, -0.1) is 0 Å². The number of aromatic nitrogens is 4. The molecule has 0 radical (unpaired) electrons. The second-order valence-corrected chi connectivity index (χ2v) is 8.55. The van der Waals surface area contributed by atoms with Gasteiger partial charge in [0.1, 0.15) is 0 Å². The van der Waals surface area contributed by atoms with Crippen LogP contribution in [-0.2, 0) is 23.9 Å². The Labute approximate surface area is 152 Å². The van der Waals surface area contributed by atoms with Crippen LogP contribution in [0.5, 0.6) is 0 Å². The summed E-state index contributed by atoms with van der Waals surface area (Å²) in [6.45, 7) is 22.2. The molecule has 0 unspecified atom stereocenters. The number of nitrogens with zero attached hydrogens (tertiary/aromatic N) is 4. The van der Waals surface area contributed by atoms with E-state index in [4.69, 9.17) is 0 Å². The highest BCUT2D eigenvalue weighted by Crippen LogP contribution is 2.26. The first-order chi connectivity index (χ1) is 11.3. The lowest BCUT2D eigenvalue weighted by Gasteiger charge is -2.19. The Morgan fingerprint density at radius 2 is 1.40 bits per heavy atom. The van der Waals surface area contributed by atoms with Crippen LogP contribution in [0.4, 0.5) is 4.39 Å². The van der Waals surface area contributed by atoms with E-state index < -0.39 is 0 Å². The molecule has 25 heavy (non-hydrogen) atoms. The molecule has 0 saturated carbocycles. The summed E-state index contributed by atoms with van der Waals surface area (Å²) in [5.74, 6) is -0.158. The van der Waals surface area contributed by atoms with Crippen molar-refractivity contribution in [1.82, 2.24) is 19.6 Å². The zero-order valence-corrected chi connectivity index (χ0v) is 17.7. The van der Waals surface area contributed by atoms with Crippen LogP contribution in [0.1, 0.15) is 78.2 Å². The molecule has 0 aliphatic heterocycles. The molecule has 0 spiro atoms. The minimum absolute atomic E-state index is 0.158. The molecule has 0 aliphatic rings. The maximum absolute atomic E-state index is 13.6. The molecule has 0 bridgehead atoms. The molecule has 2 rings (SSSR count). The molecule has 2 aromatic heterocycles. The predicted molar refractivity (Wildman–Crippen MR) is 103 cm³/mol. The van der Waals surface area contributed by atoms with E-state index in [1.807, 2.05) is 34.6 Å². The van der Waals surface area contributed by atoms with Gasteiger partial charge in [0.15, 0.2) is 5.82 Å². The number of halogens is 1. The molecule has 0 N–H and O–H groups in total. The second kappa shape index (κ2) is 7.71. The van der Waals surface area contributed by atoms with E-state index in [-0.39, 0.29) is 16.6 Å². The summed E-state index contributed by atoms with van der Waals surface area (Å²) in [6, 6.07) is 2.17. The van der Waals surface area contributed by atoms with Crippen molar-refractivity contribution in [2.45, 2.75) is 93.2 Å². The largest absolute Gasteiger partial charge is 0.269 e. The Balaban J connectivity index is 0.000000251. The lowest BCUT2D eigenvalue weighted by atomic mass is 9.91. The molecule has 0 fully saturated rings. The summed E-state index contributed by atoms with van der Waals surface area (Å²) in [7, 11) is 0. The minimum Gasteiger partial charge on any atom is -0.269 e. The first-order valence-electron chi connectivity index (χ1n) is 9.11. The van der Waals surface area contributed by atoms with Gasteiger partial charge >= 0.3 is 0 Å². The minimum atomic E-state index is -0.179. The zero-order valence-electron chi connectivity index (χ0n) is 17.7. The summed E-state index contributed by atoms with van der Waals surface area (Å²) >= 11 is 0. The molecule has 2 heterocycles. The van der Waals surface area contributed by atoms with Crippen molar-refractivity contribution in [3.63, 3.8) is 0 Å². The van der Waals surface area contributed by atoms with Gasteiger partial charge in [0.25, 0.3) is 0 Å². The monoisotopic (exact) mass is 350 g/mol. The summed E-state index contributed by atoms with van der Waals surface area (Å²) in [5.41, 5.74) is 3.65. The summed E-state index contributed by atoms with van der Waals surface area (Å²) in [6.07, 6.45) is 0. The van der Waals surface area contributed by atoms with Crippen LogP contribution in [-0.4, -0.2) is 19.6 Å². The summed E-state index contributed by atoms with van der Waals surface area (Å²) < 4.78 is 17.4.